The van der Waals surface area contributed by atoms with Crippen LogP contribution in [0.15, 0.2) is 6.07 Å². The molecule has 0 bridgehead atoms. The average molecular weight is 255 g/mol. The Hall–Kier alpha value is -1.20. The van der Waals surface area contributed by atoms with Crippen molar-refractivity contribution in [1.82, 2.24) is 0 Å². The van der Waals surface area contributed by atoms with E-state index in [4.69, 9.17) is 10.5 Å². The van der Waals surface area contributed by atoms with Crippen molar-refractivity contribution in [2.24, 2.45) is 5.73 Å². The Morgan fingerprint density at radius 3 is 2.59 bits per heavy atom. The second-order valence-electron chi connectivity index (χ2n) is 3.81. The highest BCUT2D eigenvalue weighted by molar-refractivity contribution is 7.12. The van der Waals surface area contributed by atoms with E-state index in [0.717, 1.165) is 9.75 Å². The molecule has 0 aromatic carbocycles. The van der Waals surface area contributed by atoms with E-state index in [0.29, 0.717) is 5.56 Å². The first-order valence-electron chi connectivity index (χ1n) is 5.48. The maximum Gasteiger partial charge on any atom is 0.323 e. The first-order chi connectivity index (χ1) is 7.95. The van der Waals surface area contributed by atoms with E-state index in [2.05, 4.69) is 0 Å². The van der Waals surface area contributed by atoms with Crippen LogP contribution in [-0.2, 0) is 9.53 Å². The van der Waals surface area contributed by atoms with Gasteiger partial charge in [-0.05, 0) is 26.8 Å². The summed E-state index contributed by atoms with van der Waals surface area (Å²) in [6, 6.07) is 0.960. The van der Waals surface area contributed by atoms with Gasteiger partial charge in [-0.2, -0.15) is 0 Å². The molecule has 0 saturated heterocycles. The van der Waals surface area contributed by atoms with Gasteiger partial charge in [0.15, 0.2) is 5.78 Å². The van der Waals surface area contributed by atoms with Crippen molar-refractivity contribution in [3.8, 4) is 0 Å². The van der Waals surface area contributed by atoms with Crippen LogP contribution < -0.4 is 5.73 Å². The van der Waals surface area contributed by atoms with Crippen LogP contribution in [0.25, 0.3) is 0 Å². The largest absolute Gasteiger partial charge is 0.465 e. The van der Waals surface area contributed by atoms with Crippen LogP contribution in [0.2, 0.25) is 0 Å². The molecule has 1 aromatic heterocycles. The fourth-order valence-corrected chi connectivity index (χ4v) is 2.49. The van der Waals surface area contributed by atoms with Gasteiger partial charge < -0.3 is 10.5 Å². The number of nitrogens with two attached hydrogens (primary N) is 1. The smallest absolute Gasteiger partial charge is 0.323 e. The molecule has 0 spiro atoms. The normalized spacial score (nSPS) is 12.2. The fraction of sp³-hybridized carbons (Fsp3) is 0.500. The molecule has 1 aromatic rings. The second-order valence-corrected chi connectivity index (χ2v) is 5.27. The van der Waals surface area contributed by atoms with Gasteiger partial charge in [0.2, 0.25) is 0 Å². The Labute approximate surface area is 105 Å². The summed E-state index contributed by atoms with van der Waals surface area (Å²) in [7, 11) is 0. The quantitative estimate of drug-likeness (QED) is 0.643. The lowest BCUT2D eigenvalue weighted by atomic mass is 10.0. The van der Waals surface area contributed by atoms with Crippen LogP contribution in [0.5, 0.6) is 0 Å². The van der Waals surface area contributed by atoms with E-state index < -0.39 is 12.0 Å². The zero-order valence-corrected chi connectivity index (χ0v) is 11.1. The molecular formula is C12H17NO3S. The van der Waals surface area contributed by atoms with Gasteiger partial charge in [0.05, 0.1) is 6.61 Å². The molecule has 4 nitrogen and oxygen atoms in total. The number of rotatable bonds is 5. The molecule has 0 aliphatic heterocycles. The van der Waals surface area contributed by atoms with Gasteiger partial charge in [-0.15, -0.1) is 11.3 Å². The highest BCUT2D eigenvalue weighted by atomic mass is 32.1. The van der Waals surface area contributed by atoms with E-state index in [-0.39, 0.29) is 18.8 Å². The fourth-order valence-electron chi connectivity index (χ4n) is 1.55. The Kier molecular flexibility index (Phi) is 4.84. The lowest BCUT2D eigenvalue weighted by Gasteiger charge is -2.09. The number of thiophene rings is 1. The van der Waals surface area contributed by atoms with Crippen LogP contribution in [-0.4, -0.2) is 24.4 Å². The third-order valence-electron chi connectivity index (χ3n) is 2.34. The Morgan fingerprint density at radius 1 is 1.47 bits per heavy atom. The van der Waals surface area contributed by atoms with E-state index >= 15 is 0 Å². The number of ether oxygens (including phenoxy) is 1. The van der Waals surface area contributed by atoms with Crippen molar-refractivity contribution in [2.45, 2.75) is 33.2 Å². The summed E-state index contributed by atoms with van der Waals surface area (Å²) in [5.74, 6) is -0.627. The number of aryl methyl sites for hydroxylation is 2. The molecule has 1 atom stereocenters. The summed E-state index contributed by atoms with van der Waals surface area (Å²) in [6.45, 7) is 5.82. The Bertz CT molecular complexity index is 425. The second kappa shape index (κ2) is 5.93. The highest BCUT2D eigenvalue weighted by Crippen LogP contribution is 2.22. The maximum atomic E-state index is 11.9. The predicted molar refractivity (Wildman–Crippen MR) is 67.3 cm³/mol. The molecule has 94 valence electrons. The summed E-state index contributed by atoms with van der Waals surface area (Å²) in [6.07, 6.45) is -0.00412. The average Bonchev–Trinajstić information content (AvgIpc) is 2.58. The van der Waals surface area contributed by atoms with Gasteiger partial charge in [-0.25, -0.2) is 0 Å². The summed E-state index contributed by atoms with van der Waals surface area (Å²) in [4.78, 5) is 25.3. The number of carbonyl (C=O) groups excluding carboxylic acids is 2. The van der Waals surface area contributed by atoms with E-state index in [1.165, 1.54) is 0 Å². The molecule has 1 rings (SSSR count). The molecular weight excluding hydrogens is 238 g/mol. The number of ketones is 1. The minimum absolute atomic E-state index is 0.00412. The van der Waals surface area contributed by atoms with E-state index in [1.807, 2.05) is 19.9 Å². The third-order valence-corrected chi connectivity index (χ3v) is 3.30. The Morgan fingerprint density at radius 2 is 2.12 bits per heavy atom. The molecule has 0 fully saturated rings. The van der Waals surface area contributed by atoms with E-state index in [1.54, 1.807) is 18.3 Å². The van der Waals surface area contributed by atoms with Crippen molar-refractivity contribution < 1.29 is 14.3 Å². The molecule has 5 heteroatoms. The highest BCUT2D eigenvalue weighted by Gasteiger charge is 2.21. The number of esters is 1. The van der Waals surface area contributed by atoms with Crippen molar-refractivity contribution in [2.75, 3.05) is 6.61 Å². The molecule has 2 N–H and O–H groups in total. The molecule has 17 heavy (non-hydrogen) atoms. The lowest BCUT2D eigenvalue weighted by molar-refractivity contribution is -0.144. The SMILES string of the molecule is CCOC(=O)C(N)CC(=O)c1cc(C)sc1C. The molecule has 1 heterocycles. The third kappa shape index (κ3) is 3.64. The van der Waals surface area contributed by atoms with Gasteiger partial charge in [0.25, 0.3) is 0 Å². The number of hydrogen-bond donors (Lipinski definition) is 1. The van der Waals surface area contributed by atoms with Crippen molar-refractivity contribution in [1.29, 1.82) is 0 Å². The zero-order valence-electron chi connectivity index (χ0n) is 10.3. The standard InChI is InChI=1S/C12H17NO3S/c1-4-16-12(15)10(13)6-11(14)9-5-7(2)17-8(9)3/h5,10H,4,6,13H2,1-3H3. The minimum atomic E-state index is -0.873. The number of hydrogen-bond acceptors (Lipinski definition) is 5. The lowest BCUT2D eigenvalue weighted by Crippen LogP contribution is -2.34. The number of Topliss-reactive ketones (excluding diaryl/α,β-unsaturated/α-hetero) is 1. The molecule has 0 aliphatic carbocycles. The van der Waals surface area contributed by atoms with Crippen LogP contribution >= 0.6 is 11.3 Å². The monoisotopic (exact) mass is 255 g/mol. The van der Waals surface area contributed by atoms with Crippen molar-refractivity contribution in [3.05, 3.63) is 21.4 Å². The zero-order chi connectivity index (χ0) is 13.0. The van der Waals surface area contributed by atoms with Gasteiger partial charge in [0.1, 0.15) is 6.04 Å². The van der Waals surface area contributed by atoms with Gasteiger partial charge in [-0.1, -0.05) is 0 Å². The minimum Gasteiger partial charge on any atom is -0.465 e. The summed E-state index contributed by atoms with van der Waals surface area (Å²) in [5, 5.41) is 0. The van der Waals surface area contributed by atoms with E-state index in [9.17, 15) is 9.59 Å². The Balaban J connectivity index is 2.66. The van der Waals surface area contributed by atoms with Crippen LogP contribution in [0.1, 0.15) is 33.5 Å². The van der Waals surface area contributed by atoms with Gasteiger partial charge in [-0.3, -0.25) is 9.59 Å². The van der Waals surface area contributed by atoms with Gasteiger partial charge in [0, 0.05) is 21.7 Å². The number of carbonyl (C=O) groups is 2. The van der Waals surface area contributed by atoms with Crippen molar-refractivity contribution in [3.63, 3.8) is 0 Å². The molecule has 0 aliphatic rings. The molecule has 0 radical (unpaired) electrons. The van der Waals surface area contributed by atoms with Crippen LogP contribution in [0.4, 0.5) is 0 Å². The maximum absolute atomic E-state index is 11.9. The first-order valence-corrected chi connectivity index (χ1v) is 6.29. The topological polar surface area (TPSA) is 69.4 Å². The summed E-state index contributed by atoms with van der Waals surface area (Å²) < 4.78 is 4.76. The van der Waals surface area contributed by atoms with Crippen molar-refractivity contribution >= 4 is 23.1 Å². The summed E-state index contributed by atoms with van der Waals surface area (Å²) in [5.41, 5.74) is 6.27. The predicted octanol–water partition coefficient (Wildman–Crippen LogP) is 1.83. The molecule has 0 saturated carbocycles. The van der Waals surface area contributed by atoms with Crippen LogP contribution in [0.3, 0.4) is 0 Å². The van der Waals surface area contributed by atoms with Crippen LogP contribution in [0, 0.1) is 13.8 Å². The summed E-state index contributed by atoms with van der Waals surface area (Å²) >= 11 is 1.57. The first kappa shape index (κ1) is 13.9. The molecule has 1 unspecified atom stereocenters. The molecule has 0 amide bonds. The van der Waals surface area contributed by atoms with Gasteiger partial charge >= 0.3 is 5.97 Å².